The molecule has 0 aliphatic carbocycles. The summed E-state index contributed by atoms with van der Waals surface area (Å²) in [7, 11) is 1.69. The summed E-state index contributed by atoms with van der Waals surface area (Å²) in [5, 5.41) is 8.48. The van der Waals surface area contributed by atoms with Crippen LogP contribution in [0.25, 0.3) is 0 Å². The molecule has 7 nitrogen and oxygen atoms in total. The van der Waals surface area contributed by atoms with E-state index in [2.05, 4.69) is 16.0 Å². The highest BCUT2D eigenvalue weighted by molar-refractivity contribution is 6.10. The van der Waals surface area contributed by atoms with Crippen LogP contribution in [0.15, 0.2) is 72.8 Å². The van der Waals surface area contributed by atoms with Crippen LogP contribution in [-0.2, 0) is 9.59 Å². The van der Waals surface area contributed by atoms with Crippen molar-refractivity contribution >= 4 is 34.8 Å². The van der Waals surface area contributed by atoms with Gasteiger partial charge in [0.05, 0.1) is 24.3 Å². The number of amides is 3. The van der Waals surface area contributed by atoms with Crippen molar-refractivity contribution in [3.63, 3.8) is 0 Å². The maximum absolute atomic E-state index is 12.7. The summed E-state index contributed by atoms with van der Waals surface area (Å²) < 4.78 is 0. The number of aryl methyl sites for hydroxylation is 1. The highest BCUT2D eigenvalue weighted by Gasteiger charge is 2.16. The fraction of sp³-hybridized carbons (Fsp3) is 0.192. The topological polar surface area (TPSA) is 90.5 Å². The molecule has 7 heteroatoms. The number of carbonyl (C=O) groups excluding carboxylic acids is 3. The second-order valence-corrected chi connectivity index (χ2v) is 7.88. The summed E-state index contributed by atoms with van der Waals surface area (Å²) in [5.41, 5.74) is 4.29. The van der Waals surface area contributed by atoms with E-state index < -0.39 is 0 Å². The second-order valence-electron chi connectivity index (χ2n) is 7.88. The molecule has 0 aliphatic rings. The first-order valence-electron chi connectivity index (χ1n) is 10.6. The van der Waals surface area contributed by atoms with E-state index in [0.29, 0.717) is 16.9 Å². The predicted molar refractivity (Wildman–Crippen MR) is 132 cm³/mol. The van der Waals surface area contributed by atoms with Gasteiger partial charge in [-0.1, -0.05) is 42.5 Å². The van der Waals surface area contributed by atoms with Crippen molar-refractivity contribution in [2.45, 2.75) is 13.8 Å². The Kier molecular flexibility index (Phi) is 7.94. The van der Waals surface area contributed by atoms with Crippen molar-refractivity contribution < 1.29 is 14.4 Å². The van der Waals surface area contributed by atoms with Gasteiger partial charge in [0.1, 0.15) is 0 Å². The molecular formula is C26H28N4O3. The van der Waals surface area contributed by atoms with Gasteiger partial charge >= 0.3 is 0 Å². The quantitative estimate of drug-likeness (QED) is 0.489. The summed E-state index contributed by atoms with van der Waals surface area (Å²) in [4.78, 5) is 39.3. The average Bonchev–Trinajstić information content (AvgIpc) is 2.77. The van der Waals surface area contributed by atoms with Gasteiger partial charge in [0.15, 0.2) is 0 Å². The molecule has 3 N–H and O–H groups in total. The van der Waals surface area contributed by atoms with Gasteiger partial charge < -0.3 is 16.0 Å². The van der Waals surface area contributed by atoms with E-state index >= 15 is 0 Å². The Bertz CT molecular complexity index is 1150. The van der Waals surface area contributed by atoms with E-state index in [-0.39, 0.29) is 30.8 Å². The second kappa shape index (κ2) is 11.1. The Labute approximate surface area is 193 Å². The average molecular weight is 445 g/mol. The minimum absolute atomic E-state index is 0.00510. The summed E-state index contributed by atoms with van der Waals surface area (Å²) >= 11 is 0. The minimum atomic E-state index is -0.322. The van der Waals surface area contributed by atoms with Gasteiger partial charge in [0.2, 0.25) is 11.8 Å². The van der Waals surface area contributed by atoms with Crippen molar-refractivity contribution in [2.24, 2.45) is 0 Å². The molecule has 3 aromatic carbocycles. The van der Waals surface area contributed by atoms with Crippen LogP contribution in [0.2, 0.25) is 0 Å². The number of hydrogen-bond donors (Lipinski definition) is 3. The summed E-state index contributed by atoms with van der Waals surface area (Å²) in [6.45, 7) is 3.98. The maximum atomic E-state index is 12.7. The Morgan fingerprint density at radius 1 is 0.697 bits per heavy atom. The summed E-state index contributed by atoms with van der Waals surface area (Å²) in [6.07, 6.45) is 0. The lowest BCUT2D eigenvalue weighted by molar-refractivity contribution is -0.119. The maximum Gasteiger partial charge on any atom is 0.257 e. The molecule has 0 bridgehead atoms. The van der Waals surface area contributed by atoms with Crippen LogP contribution < -0.4 is 16.0 Å². The zero-order valence-corrected chi connectivity index (χ0v) is 19.0. The fourth-order valence-corrected chi connectivity index (χ4v) is 3.32. The molecule has 0 aromatic heterocycles. The molecule has 3 aromatic rings. The van der Waals surface area contributed by atoms with Crippen LogP contribution in [0.3, 0.4) is 0 Å². The summed E-state index contributed by atoms with van der Waals surface area (Å²) in [6, 6.07) is 21.6. The highest BCUT2D eigenvalue weighted by Crippen LogP contribution is 2.19. The molecule has 0 radical (unpaired) electrons. The first-order chi connectivity index (χ1) is 15.8. The number of para-hydroxylation sites is 2. The summed E-state index contributed by atoms with van der Waals surface area (Å²) in [5.74, 6) is -0.850. The van der Waals surface area contributed by atoms with E-state index in [4.69, 9.17) is 0 Å². The normalized spacial score (nSPS) is 10.5. The lowest BCUT2D eigenvalue weighted by atomic mass is 10.1. The Morgan fingerprint density at radius 2 is 1.27 bits per heavy atom. The van der Waals surface area contributed by atoms with Gasteiger partial charge in [-0.15, -0.1) is 0 Å². The van der Waals surface area contributed by atoms with Crippen LogP contribution in [-0.4, -0.2) is 42.8 Å². The molecule has 170 valence electrons. The van der Waals surface area contributed by atoms with Crippen LogP contribution in [0, 0.1) is 13.8 Å². The van der Waals surface area contributed by atoms with Crippen molar-refractivity contribution in [3.8, 4) is 0 Å². The fourth-order valence-electron chi connectivity index (χ4n) is 3.32. The third-order valence-corrected chi connectivity index (χ3v) is 5.18. The number of rotatable bonds is 8. The number of carbonyl (C=O) groups is 3. The van der Waals surface area contributed by atoms with Crippen molar-refractivity contribution in [3.05, 3.63) is 89.5 Å². The first kappa shape index (κ1) is 23.7. The standard InChI is InChI=1S/C26H28N4O3/c1-18-10-9-15-22(19(18)2)28-24(31)16-30(3)17-25(32)29-23-14-8-7-13-21(23)26(33)27-20-11-5-4-6-12-20/h4-15H,16-17H2,1-3H3,(H,27,33)(H,28,31)(H,29,32). The van der Waals surface area contributed by atoms with Gasteiger partial charge in [-0.3, -0.25) is 19.3 Å². The lowest BCUT2D eigenvalue weighted by Crippen LogP contribution is -2.36. The third kappa shape index (κ3) is 6.75. The van der Waals surface area contributed by atoms with Crippen LogP contribution in [0.4, 0.5) is 17.1 Å². The number of likely N-dealkylation sites (N-methyl/N-ethyl adjacent to an activating group) is 1. The molecule has 0 saturated carbocycles. The van der Waals surface area contributed by atoms with E-state index in [1.807, 2.05) is 50.2 Å². The van der Waals surface area contributed by atoms with Crippen molar-refractivity contribution in [1.29, 1.82) is 0 Å². The molecule has 3 rings (SSSR count). The molecule has 0 heterocycles. The lowest BCUT2D eigenvalue weighted by Gasteiger charge is -2.18. The van der Waals surface area contributed by atoms with E-state index in [9.17, 15) is 14.4 Å². The largest absolute Gasteiger partial charge is 0.325 e. The number of benzene rings is 3. The Morgan fingerprint density at radius 3 is 1.97 bits per heavy atom. The molecule has 0 unspecified atom stereocenters. The molecule has 33 heavy (non-hydrogen) atoms. The molecule has 0 atom stereocenters. The smallest absolute Gasteiger partial charge is 0.257 e. The zero-order valence-electron chi connectivity index (χ0n) is 19.0. The number of hydrogen-bond acceptors (Lipinski definition) is 4. The third-order valence-electron chi connectivity index (χ3n) is 5.18. The number of nitrogens with zero attached hydrogens (tertiary/aromatic N) is 1. The molecule has 0 aliphatic heterocycles. The zero-order chi connectivity index (χ0) is 23.8. The van der Waals surface area contributed by atoms with E-state index in [1.54, 1.807) is 48.3 Å². The van der Waals surface area contributed by atoms with Crippen molar-refractivity contribution in [1.82, 2.24) is 4.90 Å². The molecule has 3 amide bonds. The van der Waals surface area contributed by atoms with E-state index in [1.165, 1.54) is 0 Å². The van der Waals surface area contributed by atoms with Crippen LogP contribution in [0.5, 0.6) is 0 Å². The molecule has 0 spiro atoms. The Balaban J connectivity index is 1.56. The van der Waals surface area contributed by atoms with Gasteiger partial charge in [0, 0.05) is 11.4 Å². The van der Waals surface area contributed by atoms with Gasteiger partial charge in [-0.2, -0.15) is 0 Å². The SMILES string of the molecule is Cc1cccc(NC(=O)CN(C)CC(=O)Nc2ccccc2C(=O)Nc2ccccc2)c1C. The molecule has 0 saturated heterocycles. The molecular weight excluding hydrogens is 416 g/mol. The predicted octanol–water partition coefficient (Wildman–Crippen LogP) is 4.06. The molecule has 0 fully saturated rings. The van der Waals surface area contributed by atoms with Crippen LogP contribution >= 0.6 is 0 Å². The highest BCUT2D eigenvalue weighted by atomic mass is 16.2. The number of anilines is 3. The van der Waals surface area contributed by atoms with Gasteiger partial charge in [0.25, 0.3) is 5.91 Å². The number of nitrogens with one attached hydrogen (secondary N) is 3. The van der Waals surface area contributed by atoms with Crippen molar-refractivity contribution in [2.75, 3.05) is 36.1 Å². The van der Waals surface area contributed by atoms with Crippen LogP contribution in [0.1, 0.15) is 21.5 Å². The monoisotopic (exact) mass is 444 g/mol. The Hall–Kier alpha value is -3.97. The van der Waals surface area contributed by atoms with Gasteiger partial charge in [-0.25, -0.2) is 0 Å². The first-order valence-corrected chi connectivity index (χ1v) is 10.6. The van der Waals surface area contributed by atoms with E-state index in [0.717, 1.165) is 16.8 Å². The van der Waals surface area contributed by atoms with Gasteiger partial charge in [-0.05, 0) is 62.4 Å². The minimum Gasteiger partial charge on any atom is -0.325 e.